The molecular weight excluding hydrogens is 188 g/mol. The largest absolute Gasteiger partial charge is 0.497 e. The van der Waals surface area contributed by atoms with Gasteiger partial charge in [0.05, 0.1) is 7.11 Å². The fourth-order valence-corrected chi connectivity index (χ4v) is 1.30. The summed E-state index contributed by atoms with van der Waals surface area (Å²) in [6, 6.07) is 11.6. The highest BCUT2D eigenvalue weighted by molar-refractivity contribution is 5.60. The van der Waals surface area contributed by atoms with Crippen LogP contribution < -0.4 is 10.1 Å². The number of aromatic nitrogens is 1. The Morgan fingerprint density at radius 2 is 1.87 bits per heavy atom. The molecule has 1 aromatic carbocycles. The van der Waals surface area contributed by atoms with Gasteiger partial charge in [-0.15, -0.1) is 0 Å². The molecule has 0 aliphatic heterocycles. The summed E-state index contributed by atoms with van der Waals surface area (Å²) in [6.07, 6.45) is 3.50. The highest BCUT2D eigenvalue weighted by atomic mass is 16.5. The Balaban J connectivity index is 2.17. The highest BCUT2D eigenvalue weighted by Crippen LogP contribution is 2.20. The van der Waals surface area contributed by atoms with Crippen LogP contribution in [0, 0.1) is 0 Å². The number of pyridine rings is 1. The van der Waals surface area contributed by atoms with E-state index in [1.54, 1.807) is 19.5 Å². The lowest BCUT2D eigenvalue weighted by Gasteiger charge is -2.07. The van der Waals surface area contributed by atoms with E-state index < -0.39 is 0 Å². The van der Waals surface area contributed by atoms with Gasteiger partial charge in [-0.05, 0) is 24.3 Å². The predicted molar refractivity (Wildman–Crippen MR) is 60.5 cm³/mol. The number of nitrogens with zero attached hydrogens (tertiary/aromatic N) is 1. The molecule has 2 aromatic rings. The summed E-state index contributed by atoms with van der Waals surface area (Å²) < 4.78 is 5.14. The summed E-state index contributed by atoms with van der Waals surface area (Å²) >= 11 is 0. The number of anilines is 2. The van der Waals surface area contributed by atoms with E-state index in [1.165, 1.54) is 0 Å². The van der Waals surface area contributed by atoms with Crippen molar-refractivity contribution in [1.82, 2.24) is 4.98 Å². The number of hydrogen-bond acceptors (Lipinski definition) is 3. The fraction of sp³-hybridized carbons (Fsp3) is 0.0833. The molecule has 0 bridgehead atoms. The first kappa shape index (κ1) is 9.52. The molecule has 0 fully saturated rings. The molecule has 0 saturated carbocycles. The van der Waals surface area contributed by atoms with Crippen LogP contribution in [-0.2, 0) is 0 Å². The van der Waals surface area contributed by atoms with Crippen LogP contribution in [-0.4, -0.2) is 12.1 Å². The van der Waals surface area contributed by atoms with Crippen LogP contribution in [0.25, 0.3) is 0 Å². The van der Waals surface area contributed by atoms with Crippen molar-refractivity contribution in [3.8, 4) is 5.75 Å². The van der Waals surface area contributed by atoms with Gasteiger partial charge in [-0.1, -0.05) is 6.07 Å². The van der Waals surface area contributed by atoms with E-state index in [4.69, 9.17) is 4.74 Å². The second-order valence-corrected chi connectivity index (χ2v) is 3.09. The molecule has 3 nitrogen and oxygen atoms in total. The number of benzene rings is 1. The Bertz CT molecular complexity index is 429. The second kappa shape index (κ2) is 4.46. The third-order valence-corrected chi connectivity index (χ3v) is 2.04. The molecule has 0 unspecified atom stereocenters. The maximum Gasteiger partial charge on any atom is 0.120 e. The molecule has 0 radical (unpaired) electrons. The molecule has 0 spiro atoms. The minimum Gasteiger partial charge on any atom is -0.497 e. The van der Waals surface area contributed by atoms with E-state index in [0.29, 0.717) is 0 Å². The Morgan fingerprint density at radius 3 is 2.60 bits per heavy atom. The normalized spacial score (nSPS) is 9.67. The molecule has 0 atom stereocenters. The average molecular weight is 200 g/mol. The topological polar surface area (TPSA) is 34.1 Å². The van der Waals surface area contributed by atoms with E-state index in [2.05, 4.69) is 10.3 Å². The van der Waals surface area contributed by atoms with Crippen LogP contribution in [0.4, 0.5) is 11.4 Å². The summed E-state index contributed by atoms with van der Waals surface area (Å²) in [5.74, 6) is 0.842. The fourth-order valence-electron chi connectivity index (χ4n) is 1.30. The quantitative estimate of drug-likeness (QED) is 0.827. The minimum absolute atomic E-state index is 0.842. The van der Waals surface area contributed by atoms with E-state index in [1.807, 2.05) is 36.4 Å². The lowest BCUT2D eigenvalue weighted by Crippen LogP contribution is -1.91. The molecule has 1 aromatic heterocycles. The zero-order valence-electron chi connectivity index (χ0n) is 8.47. The molecule has 1 heterocycles. The maximum atomic E-state index is 5.14. The minimum atomic E-state index is 0.842. The highest BCUT2D eigenvalue weighted by Gasteiger charge is 1.95. The van der Waals surface area contributed by atoms with Gasteiger partial charge >= 0.3 is 0 Å². The Morgan fingerprint density at radius 1 is 1.07 bits per heavy atom. The van der Waals surface area contributed by atoms with Crippen LogP contribution in [0.15, 0.2) is 48.8 Å². The molecule has 0 aliphatic rings. The summed E-state index contributed by atoms with van der Waals surface area (Å²) in [5.41, 5.74) is 2.01. The zero-order chi connectivity index (χ0) is 10.5. The molecular formula is C12H12N2O. The first-order valence-electron chi connectivity index (χ1n) is 4.69. The number of rotatable bonds is 3. The van der Waals surface area contributed by atoms with Gasteiger partial charge in [-0.2, -0.15) is 0 Å². The average Bonchev–Trinajstić information content (AvgIpc) is 2.31. The molecule has 15 heavy (non-hydrogen) atoms. The number of methoxy groups -OCH3 is 1. The van der Waals surface area contributed by atoms with Crippen molar-refractivity contribution >= 4 is 11.4 Å². The van der Waals surface area contributed by atoms with Gasteiger partial charge in [-0.3, -0.25) is 4.98 Å². The van der Waals surface area contributed by atoms with Crippen molar-refractivity contribution in [1.29, 1.82) is 0 Å². The van der Waals surface area contributed by atoms with Crippen molar-refractivity contribution < 1.29 is 4.74 Å². The molecule has 0 aliphatic carbocycles. The number of ether oxygens (including phenoxy) is 1. The number of nitrogens with one attached hydrogen (secondary N) is 1. The lowest BCUT2D eigenvalue weighted by molar-refractivity contribution is 0.415. The monoisotopic (exact) mass is 200 g/mol. The summed E-state index contributed by atoms with van der Waals surface area (Å²) in [7, 11) is 1.66. The predicted octanol–water partition coefficient (Wildman–Crippen LogP) is 2.83. The Kier molecular flexibility index (Phi) is 2.83. The van der Waals surface area contributed by atoms with Crippen LogP contribution >= 0.6 is 0 Å². The van der Waals surface area contributed by atoms with Crippen molar-refractivity contribution in [2.45, 2.75) is 0 Å². The van der Waals surface area contributed by atoms with Gasteiger partial charge in [0.25, 0.3) is 0 Å². The SMILES string of the molecule is COc1cccc(Nc2ccncc2)c1. The first-order valence-corrected chi connectivity index (χ1v) is 4.69. The summed E-state index contributed by atoms with van der Waals surface area (Å²) in [6.45, 7) is 0. The first-order chi connectivity index (χ1) is 7.38. The van der Waals surface area contributed by atoms with E-state index in [9.17, 15) is 0 Å². The van der Waals surface area contributed by atoms with Gasteiger partial charge < -0.3 is 10.1 Å². The molecule has 0 amide bonds. The van der Waals surface area contributed by atoms with Gasteiger partial charge in [-0.25, -0.2) is 0 Å². The molecule has 76 valence electrons. The van der Waals surface area contributed by atoms with Gasteiger partial charge in [0, 0.05) is 29.8 Å². The van der Waals surface area contributed by atoms with Crippen molar-refractivity contribution in [3.63, 3.8) is 0 Å². The molecule has 0 saturated heterocycles. The van der Waals surface area contributed by atoms with Gasteiger partial charge in [0.1, 0.15) is 5.75 Å². The van der Waals surface area contributed by atoms with Crippen LogP contribution in [0.1, 0.15) is 0 Å². The van der Waals surface area contributed by atoms with Crippen molar-refractivity contribution in [3.05, 3.63) is 48.8 Å². The van der Waals surface area contributed by atoms with Crippen molar-refractivity contribution in [2.24, 2.45) is 0 Å². The second-order valence-electron chi connectivity index (χ2n) is 3.09. The summed E-state index contributed by atoms with van der Waals surface area (Å²) in [4.78, 5) is 3.96. The molecule has 3 heteroatoms. The molecule has 1 N–H and O–H groups in total. The van der Waals surface area contributed by atoms with Crippen LogP contribution in [0.3, 0.4) is 0 Å². The summed E-state index contributed by atoms with van der Waals surface area (Å²) in [5, 5.41) is 3.26. The Labute approximate surface area is 88.7 Å². The van der Waals surface area contributed by atoms with Crippen LogP contribution in [0.2, 0.25) is 0 Å². The third-order valence-electron chi connectivity index (χ3n) is 2.04. The lowest BCUT2D eigenvalue weighted by atomic mass is 10.3. The maximum absolute atomic E-state index is 5.14. The van der Waals surface area contributed by atoms with Crippen LogP contribution in [0.5, 0.6) is 5.75 Å². The van der Waals surface area contributed by atoms with Gasteiger partial charge in [0.15, 0.2) is 0 Å². The van der Waals surface area contributed by atoms with E-state index in [0.717, 1.165) is 17.1 Å². The smallest absolute Gasteiger partial charge is 0.120 e. The zero-order valence-corrected chi connectivity index (χ0v) is 8.47. The van der Waals surface area contributed by atoms with Crippen molar-refractivity contribution in [2.75, 3.05) is 12.4 Å². The van der Waals surface area contributed by atoms with E-state index in [-0.39, 0.29) is 0 Å². The standard InChI is InChI=1S/C12H12N2O/c1-15-12-4-2-3-11(9-12)14-10-5-7-13-8-6-10/h2-9H,1H3,(H,13,14). The molecule has 2 rings (SSSR count). The Hall–Kier alpha value is -2.03. The third kappa shape index (κ3) is 2.47. The van der Waals surface area contributed by atoms with E-state index >= 15 is 0 Å². The van der Waals surface area contributed by atoms with Gasteiger partial charge in [0.2, 0.25) is 0 Å². The number of hydrogen-bond donors (Lipinski definition) is 1.